The van der Waals surface area contributed by atoms with Gasteiger partial charge in [0.1, 0.15) is 5.82 Å². The average molecular weight is 328 g/mol. The van der Waals surface area contributed by atoms with E-state index in [1.54, 1.807) is 6.92 Å². The molecular formula is C19H24N2O3. The van der Waals surface area contributed by atoms with Gasteiger partial charge < -0.3 is 14.4 Å². The summed E-state index contributed by atoms with van der Waals surface area (Å²) in [4.78, 5) is 16.9. The molecule has 0 fully saturated rings. The van der Waals surface area contributed by atoms with Crippen LogP contribution in [0.1, 0.15) is 43.5 Å². The molecule has 1 aliphatic rings. The number of ether oxygens (including phenoxy) is 1. The molecule has 0 saturated carbocycles. The molecule has 3 rings (SSSR count). The van der Waals surface area contributed by atoms with Crippen LogP contribution >= 0.6 is 0 Å². The van der Waals surface area contributed by atoms with Crippen molar-refractivity contribution >= 4 is 5.97 Å². The van der Waals surface area contributed by atoms with E-state index in [0.29, 0.717) is 17.3 Å². The number of hydrogen-bond donors (Lipinski definition) is 1. The van der Waals surface area contributed by atoms with Gasteiger partial charge in [-0.05, 0) is 26.2 Å². The Bertz CT molecular complexity index is 734. The molecule has 5 heteroatoms. The Morgan fingerprint density at radius 1 is 1.42 bits per heavy atom. The first-order valence-electron chi connectivity index (χ1n) is 8.52. The Morgan fingerprint density at radius 2 is 2.12 bits per heavy atom. The lowest BCUT2D eigenvalue weighted by Crippen LogP contribution is -2.24. The summed E-state index contributed by atoms with van der Waals surface area (Å²) < 4.78 is 7.03. The second-order valence-electron chi connectivity index (χ2n) is 6.54. The Morgan fingerprint density at radius 3 is 2.79 bits per heavy atom. The van der Waals surface area contributed by atoms with Gasteiger partial charge in [0.2, 0.25) is 0 Å². The highest BCUT2D eigenvalue weighted by Crippen LogP contribution is 2.33. The molecule has 5 nitrogen and oxygen atoms in total. The van der Waals surface area contributed by atoms with Gasteiger partial charge in [-0.15, -0.1) is 0 Å². The molecule has 0 aliphatic carbocycles. The molecule has 2 aromatic rings. The predicted octanol–water partition coefficient (Wildman–Crippen LogP) is 3.04. The molecule has 0 amide bonds. The van der Waals surface area contributed by atoms with Crippen LogP contribution in [0, 0.1) is 12.8 Å². The van der Waals surface area contributed by atoms with E-state index in [4.69, 9.17) is 9.72 Å². The van der Waals surface area contributed by atoms with E-state index in [1.807, 2.05) is 35.8 Å². The number of rotatable bonds is 4. The van der Waals surface area contributed by atoms with Gasteiger partial charge in [0.05, 0.1) is 18.0 Å². The van der Waals surface area contributed by atoms with E-state index in [0.717, 1.165) is 36.3 Å². The molecule has 2 heterocycles. The average Bonchev–Trinajstić information content (AvgIpc) is 2.93. The van der Waals surface area contributed by atoms with Gasteiger partial charge in [0, 0.05) is 18.5 Å². The monoisotopic (exact) mass is 328 g/mol. The molecular weight excluding hydrogens is 304 g/mol. The van der Waals surface area contributed by atoms with Crippen LogP contribution in [0.5, 0.6) is 0 Å². The van der Waals surface area contributed by atoms with E-state index in [-0.39, 0.29) is 6.61 Å². The number of carbonyl (C=O) groups is 1. The lowest BCUT2D eigenvalue weighted by atomic mass is 10.0. The van der Waals surface area contributed by atoms with Crippen molar-refractivity contribution in [3.05, 3.63) is 41.3 Å². The molecule has 0 unspecified atom stereocenters. The second kappa shape index (κ2) is 6.77. The minimum Gasteiger partial charge on any atom is -0.464 e. The zero-order valence-electron chi connectivity index (χ0n) is 14.5. The Balaban J connectivity index is 2.11. The maximum atomic E-state index is 12.1. The third kappa shape index (κ3) is 3.08. The number of hydrogen-bond acceptors (Lipinski definition) is 4. The summed E-state index contributed by atoms with van der Waals surface area (Å²) in [7, 11) is 0. The first kappa shape index (κ1) is 16.7. The number of aliphatic hydroxyl groups excluding tert-OH is 1. The fourth-order valence-corrected chi connectivity index (χ4v) is 3.22. The van der Waals surface area contributed by atoms with Crippen molar-refractivity contribution in [2.24, 2.45) is 5.92 Å². The Hall–Kier alpha value is -2.14. The van der Waals surface area contributed by atoms with Gasteiger partial charge in [-0.2, -0.15) is 0 Å². The van der Waals surface area contributed by atoms with Crippen LogP contribution in [0.4, 0.5) is 0 Å². The summed E-state index contributed by atoms with van der Waals surface area (Å²) in [6.45, 7) is 6.94. The van der Waals surface area contributed by atoms with E-state index < -0.39 is 12.1 Å². The highest BCUT2D eigenvalue weighted by Gasteiger charge is 2.31. The predicted molar refractivity (Wildman–Crippen MR) is 91.5 cm³/mol. The summed E-state index contributed by atoms with van der Waals surface area (Å²) in [5.41, 5.74) is 3.30. The first-order valence-corrected chi connectivity index (χ1v) is 8.52. The summed E-state index contributed by atoms with van der Waals surface area (Å²) in [5.74, 6) is 0.805. The zero-order chi connectivity index (χ0) is 17.3. The Kier molecular flexibility index (Phi) is 4.71. The van der Waals surface area contributed by atoms with Crippen molar-refractivity contribution in [1.82, 2.24) is 9.55 Å². The molecule has 1 aromatic carbocycles. The van der Waals surface area contributed by atoms with Crippen LogP contribution in [0.2, 0.25) is 0 Å². The fraction of sp³-hybridized carbons (Fsp3) is 0.474. The number of benzene rings is 1. The van der Waals surface area contributed by atoms with Crippen LogP contribution in [0.15, 0.2) is 24.3 Å². The number of aromatic nitrogens is 2. The van der Waals surface area contributed by atoms with Crippen LogP contribution in [0.25, 0.3) is 11.3 Å². The number of imidazole rings is 1. The topological polar surface area (TPSA) is 64.3 Å². The third-order valence-corrected chi connectivity index (χ3v) is 4.53. The normalized spacial score (nSPS) is 18.1. The molecule has 2 atom stereocenters. The van der Waals surface area contributed by atoms with Crippen LogP contribution in [0.3, 0.4) is 0 Å². The van der Waals surface area contributed by atoms with Gasteiger partial charge in [0.15, 0.2) is 6.10 Å². The van der Waals surface area contributed by atoms with Crippen LogP contribution in [-0.2, 0) is 22.5 Å². The smallest absolute Gasteiger partial charge is 0.341 e. The van der Waals surface area contributed by atoms with E-state index >= 15 is 0 Å². The highest BCUT2D eigenvalue weighted by atomic mass is 16.5. The maximum absolute atomic E-state index is 12.1. The summed E-state index contributed by atoms with van der Waals surface area (Å²) in [6, 6.07) is 7.98. The molecule has 0 radical (unpaired) electrons. The van der Waals surface area contributed by atoms with Gasteiger partial charge in [-0.1, -0.05) is 36.8 Å². The van der Waals surface area contributed by atoms with Crippen molar-refractivity contribution in [3.8, 4) is 11.3 Å². The maximum Gasteiger partial charge on any atom is 0.341 e. The number of aryl methyl sites for hydroxylation is 2. The number of aliphatic hydroxyl groups is 1. The molecule has 0 saturated heterocycles. The molecule has 0 bridgehead atoms. The quantitative estimate of drug-likeness (QED) is 0.876. The van der Waals surface area contributed by atoms with Crippen molar-refractivity contribution in [2.45, 2.75) is 46.3 Å². The van der Waals surface area contributed by atoms with E-state index in [9.17, 15) is 9.90 Å². The molecule has 1 N–H and O–H groups in total. The summed E-state index contributed by atoms with van der Waals surface area (Å²) in [6.07, 6.45) is 0.613. The second-order valence-corrected chi connectivity index (χ2v) is 6.54. The molecule has 128 valence electrons. The number of fused-ring (bicyclic) bond motifs is 1. The summed E-state index contributed by atoms with van der Waals surface area (Å²) >= 11 is 0. The Labute approximate surface area is 142 Å². The number of esters is 1. The zero-order valence-corrected chi connectivity index (χ0v) is 14.5. The first-order chi connectivity index (χ1) is 11.5. The number of carbonyl (C=O) groups excluding carboxylic acids is 1. The standard InChI is InChI=1S/C19H24N2O3/c1-4-24-19(23)18(22)17-16(14-8-5-12(2)6-9-14)20-15-10-7-13(3)11-21(15)17/h5-6,8-9,13,18,22H,4,7,10-11H2,1-3H3/t13-,18-/m0/s1. The van der Waals surface area contributed by atoms with Crippen LogP contribution in [-0.4, -0.2) is 27.2 Å². The molecule has 1 aromatic heterocycles. The van der Waals surface area contributed by atoms with Gasteiger partial charge >= 0.3 is 5.97 Å². The van der Waals surface area contributed by atoms with Crippen molar-refractivity contribution < 1.29 is 14.6 Å². The van der Waals surface area contributed by atoms with Gasteiger partial charge in [-0.3, -0.25) is 0 Å². The fourth-order valence-electron chi connectivity index (χ4n) is 3.22. The third-order valence-electron chi connectivity index (χ3n) is 4.53. The minimum atomic E-state index is -1.31. The lowest BCUT2D eigenvalue weighted by Gasteiger charge is -2.23. The van der Waals surface area contributed by atoms with Gasteiger partial charge in [0.25, 0.3) is 0 Å². The van der Waals surface area contributed by atoms with Crippen LogP contribution < -0.4 is 0 Å². The SMILES string of the molecule is CCOC(=O)[C@@H](O)c1c(-c2ccc(C)cc2)nc2n1C[C@@H](C)CC2. The lowest BCUT2D eigenvalue weighted by molar-refractivity contribution is -0.153. The molecule has 24 heavy (non-hydrogen) atoms. The molecule has 0 spiro atoms. The van der Waals surface area contributed by atoms with E-state index in [1.165, 1.54) is 0 Å². The number of nitrogens with zero attached hydrogens (tertiary/aromatic N) is 2. The highest BCUT2D eigenvalue weighted by molar-refractivity contribution is 5.79. The van der Waals surface area contributed by atoms with Crippen molar-refractivity contribution in [3.63, 3.8) is 0 Å². The van der Waals surface area contributed by atoms with Gasteiger partial charge in [-0.25, -0.2) is 9.78 Å². The van der Waals surface area contributed by atoms with Crippen molar-refractivity contribution in [2.75, 3.05) is 6.61 Å². The summed E-state index contributed by atoms with van der Waals surface area (Å²) in [5, 5.41) is 10.6. The largest absolute Gasteiger partial charge is 0.464 e. The molecule has 1 aliphatic heterocycles. The van der Waals surface area contributed by atoms with Crippen molar-refractivity contribution in [1.29, 1.82) is 0 Å². The minimum absolute atomic E-state index is 0.243. The van der Waals surface area contributed by atoms with E-state index in [2.05, 4.69) is 6.92 Å².